The van der Waals surface area contributed by atoms with Crippen molar-refractivity contribution < 1.29 is 14.3 Å². The Labute approximate surface area is 168 Å². The van der Waals surface area contributed by atoms with Crippen molar-refractivity contribution in [3.63, 3.8) is 0 Å². The molecule has 0 aromatic heterocycles. The third-order valence-electron chi connectivity index (χ3n) is 5.96. The molecule has 0 radical (unpaired) electrons. The number of methoxy groups -OCH3 is 1. The lowest BCUT2D eigenvalue weighted by atomic mass is 9.71. The van der Waals surface area contributed by atoms with Crippen LogP contribution < -0.4 is 0 Å². The summed E-state index contributed by atoms with van der Waals surface area (Å²) in [6.45, 7) is 4.47. The van der Waals surface area contributed by atoms with E-state index in [0.717, 1.165) is 31.2 Å². The Kier molecular flexibility index (Phi) is 6.33. The zero-order chi connectivity index (χ0) is 20.1. The summed E-state index contributed by atoms with van der Waals surface area (Å²) in [4.78, 5) is 24.1. The minimum absolute atomic E-state index is 0.00225. The summed E-state index contributed by atoms with van der Waals surface area (Å²) < 4.78 is 4.66. The standard InChI is InChI=1S/C25H30O3/c1-4-15-25(16-5-2)21-10-7-6-9-19(21)20-14-13-18(17-22(20)25)23(26)11-8-12-24(27)28-3/h6-7,9-10,13-14,17H,4-5,8,11-12,15-16H2,1-3H3. The average molecular weight is 379 g/mol. The van der Waals surface area contributed by atoms with Crippen LogP contribution in [0.4, 0.5) is 0 Å². The fourth-order valence-electron chi connectivity index (χ4n) is 4.79. The van der Waals surface area contributed by atoms with E-state index >= 15 is 0 Å². The van der Waals surface area contributed by atoms with Gasteiger partial charge in [0.25, 0.3) is 0 Å². The van der Waals surface area contributed by atoms with Crippen molar-refractivity contribution in [2.24, 2.45) is 0 Å². The summed E-state index contributed by atoms with van der Waals surface area (Å²) in [5, 5.41) is 0. The van der Waals surface area contributed by atoms with Crippen LogP contribution in [-0.4, -0.2) is 18.9 Å². The zero-order valence-corrected chi connectivity index (χ0v) is 17.2. The predicted octanol–water partition coefficient (Wildman–Crippen LogP) is 6.08. The smallest absolute Gasteiger partial charge is 0.305 e. The minimum Gasteiger partial charge on any atom is -0.469 e. The Morgan fingerprint density at radius 3 is 2.25 bits per heavy atom. The van der Waals surface area contributed by atoms with E-state index in [2.05, 4.69) is 55.0 Å². The van der Waals surface area contributed by atoms with E-state index in [0.29, 0.717) is 12.8 Å². The fourth-order valence-corrected chi connectivity index (χ4v) is 4.79. The summed E-state index contributed by atoms with van der Waals surface area (Å²) >= 11 is 0. The first kappa shape index (κ1) is 20.3. The van der Waals surface area contributed by atoms with Gasteiger partial charge in [-0.15, -0.1) is 0 Å². The molecule has 0 spiro atoms. The Morgan fingerprint density at radius 2 is 1.57 bits per heavy atom. The molecule has 1 aliphatic rings. The van der Waals surface area contributed by atoms with E-state index in [-0.39, 0.29) is 23.6 Å². The molecule has 0 aliphatic heterocycles. The Bertz CT molecular complexity index is 860. The van der Waals surface area contributed by atoms with Gasteiger partial charge in [0.1, 0.15) is 0 Å². The van der Waals surface area contributed by atoms with Crippen LogP contribution in [0.15, 0.2) is 42.5 Å². The van der Waals surface area contributed by atoms with Crippen molar-refractivity contribution in [2.45, 2.75) is 64.2 Å². The predicted molar refractivity (Wildman–Crippen MR) is 113 cm³/mol. The number of esters is 1. The lowest BCUT2D eigenvalue weighted by Crippen LogP contribution is -2.25. The number of hydrogen-bond donors (Lipinski definition) is 0. The van der Waals surface area contributed by atoms with Crippen LogP contribution in [0.5, 0.6) is 0 Å². The lowest BCUT2D eigenvalue weighted by Gasteiger charge is -2.32. The van der Waals surface area contributed by atoms with Gasteiger partial charge in [-0.3, -0.25) is 9.59 Å². The number of ketones is 1. The molecule has 0 amide bonds. The average Bonchev–Trinajstić information content (AvgIpc) is 2.98. The third kappa shape index (κ3) is 3.63. The highest BCUT2D eigenvalue weighted by atomic mass is 16.5. The first-order valence-electron chi connectivity index (χ1n) is 10.4. The molecule has 0 heterocycles. The Balaban J connectivity index is 1.96. The van der Waals surface area contributed by atoms with Crippen molar-refractivity contribution in [3.05, 3.63) is 59.2 Å². The van der Waals surface area contributed by atoms with Gasteiger partial charge >= 0.3 is 5.97 Å². The van der Waals surface area contributed by atoms with Gasteiger partial charge in [0.2, 0.25) is 0 Å². The largest absolute Gasteiger partial charge is 0.469 e. The molecule has 3 heteroatoms. The second-order valence-electron chi connectivity index (χ2n) is 7.74. The number of rotatable bonds is 9. The van der Waals surface area contributed by atoms with Gasteiger partial charge in [-0.05, 0) is 47.6 Å². The van der Waals surface area contributed by atoms with E-state index in [4.69, 9.17) is 0 Å². The molecule has 2 aromatic rings. The monoisotopic (exact) mass is 378 g/mol. The molecule has 0 atom stereocenters. The molecule has 0 unspecified atom stereocenters. The van der Waals surface area contributed by atoms with Crippen molar-refractivity contribution in [1.29, 1.82) is 0 Å². The van der Waals surface area contributed by atoms with E-state index in [1.165, 1.54) is 29.4 Å². The van der Waals surface area contributed by atoms with Crippen molar-refractivity contribution >= 4 is 11.8 Å². The van der Waals surface area contributed by atoms with Gasteiger partial charge in [0.15, 0.2) is 5.78 Å². The van der Waals surface area contributed by atoms with E-state index < -0.39 is 0 Å². The second kappa shape index (κ2) is 8.72. The highest BCUT2D eigenvalue weighted by Crippen LogP contribution is 2.53. The quantitative estimate of drug-likeness (QED) is 0.392. The molecule has 2 aromatic carbocycles. The van der Waals surface area contributed by atoms with Gasteiger partial charge in [0.05, 0.1) is 7.11 Å². The number of hydrogen-bond acceptors (Lipinski definition) is 3. The summed E-state index contributed by atoms with van der Waals surface area (Å²) in [7, 11) is 1.38. The number of carbonyl (C=O) groups excluding carboxylic acids is 2. The van der Waals surface area contributed by atoms with Crippen LogP contribution in [0.3, 0.4) is 0 Å². The molecule has 0 fully saturated rings. The molecular formula is C25H30O3. The molecule has 3 nitrogen and oxygen atoms in total. The molecule has 0 N–H and O–H groups in total. The van der Waals surface area contributed by atoms with Crippen molar-refractivity contribution in [2.75, 3.05) is 7.11 Å². The SMILES string of the molecule is CCCC1(CCC)c2ccccc2-c2ccc(C(=O)CCCC(=O)OC)cc21. The Hall–Kier alpha value is -2.42. The molecule has 0 bridgehead atoms. The lowest BCUT2D eigenvalue weighted by molar-refractivity contribution is -0.140. The maximum absolute atomic E-state index is 12.8. The molecule has 0 saturated carbocycles. The van der Waals surface area contributed by atoms with Crippen LogP contribution in [-0.2, 0) is 14.9 Å². The van der Waals surface area contributed by atoms with Gasteiger partial charge in [-0.25, -0.2) is 0 Å². The Morgan fingerprint density at radius 1 is 0.893 bits per heavy atom. The molecular weight excluding hydrogens is 348 g/mol. The van der Waals surface area contributed by atoms with Crippen LogP contribution in [0.2, 0.25) is 0 Å². The van der Waals surface area contributed by atoms with Crippen molar-refractivity contribution in [1.82, 2.24) is 0 Å². The summed E-state index contributed by atoms with van der Waals surface area (Å²) in [5.41, 5.74) is 6.04. The van der Waals surface area contributed by atoms with Crippen molar-refractivity contribution in [3.8, 4) is 11.1 Å². The molecule has 148 valence electrons. The normalized spacial score (nSPS) is 13.7. The number of carbonyl (C=O) groups is 2. The first-order chi connectivity index (χ1) is 13.6. The maximum Gasteiger partial charge on any atom is 0.305 e. The number of benzene rings is 2. The van der Waals surface area contributed by atoms with Crippen LogP contribution in [0.25, 0.3) is 11.1 Å². The van der Waals surface area contributed by atoms with Crippen LogP contribution in [0, 0.1) is 0 Å². The van der Waals surface area contributed by atoms with Crippen LogP contribution in [0.1, 0.15) is 80.3 Å². The zero-order valence-electron chi connectivity index (χ0n) is 17.2. The number of Topliss-reactive ketones (excluding diaryl/α,β-unsaturated/α-hetero) is 1. The molecule has 3 rings (SSSR count). The topological polar surface area (TPSA) is 43.4 Å². The van der Waals surface area contributed by atoms with E-state index in [9.17, 15) is 9.59 Å². The summed E-state index contributed by atoms with van der Waals surface area (Å²) in [6.07, 6.45) is 5.56. The summed E-state index contributed by atoms with van der Waals surface area (Å²) in [6, 6.07) is 14.9. The highest BCUT2D eigenvalue weighted by molar-refractivity contribution is 5.98. The molecule has 28 heavy (non-hydrogen) atoms. The summed E-state index contributed by atoms with van der Waals surface area (Å²) in [5.74, 6) is -0.160. The highest BCUT2D eigenvalue weighted by Gasteiger charge is 2.41. The van der Waals surface area contributed by atoms with Gasteiger partial charge in [-0.2, -0.15) is 0 Å². The third-order valence-corrected chi connectivity index (χ3v) is 5.96. The number of ether oxygens (including phenoxy) is 1. The van der Waals surface area contributed by atoms with E-state index in [1.54, 1.807) is 0 Å². The maximum atomic E-state index is 12.8. The second-order valence-corrected chi connectivity index (χ2v) is 7.74. The van der Waals surface area contributed by atoms with Gasteiger partial charge in [0, 0.05) is 23.8 Å². The van der Waals surface area contributed by atoms with E-state index in [1.807, 2.05) is 6.07 Å². The van der Waals surface area contributed by atoms with Gasteiger partial charge < -0.3 is 4.74 Å². The minimum atomic E-state index is -0.262. The molecule has 0 saturated heterocycles. The molecule has 1 aliphatic carbocycles. The van der Waals surface area contributed by atoms with Crippen LogP contribution >= 0.6 is 0 Å². The first-order valence-corrected chi connectivity index (χ1v) is 10.4. The number of fused-ring (bicyclic) bond motifs is 3. The fraction of sp³-hybridized carbons (Fsp3) is 0.440. The van der Waals surface area contributed by atoms with Gasteiger partial charge in [-0.1, -0.05) is 63.1 Å².